The minimum atomic E-state index is -1.26. The van der Waals surface area contributed by atoms with Crippen molar-refractivity contribution in [3.05, 3.63) is 72.8 Å². The molecule has 0 atom stereocenters. The fourth-order valence-corrected chi connectivity index (χ4v) is 3.21. The van der Waals surface area contributed by atoms with Gasteiger partial charge in [-0.3, -0.25) is 0 Å². The molecule has 106 valence electrons. The summed E-state index contributed by atoms with van der Waals surface area (Å²) >= 11 is 1.62. The molecular weight excluding hydrogens is 657 g/mol. The molecule has 22 heavy (non-hydrogen) atoms. The first kappa shape index (κ1) is 21.0. The average Bonchev–Trinajstić information content (AvgIpc) is 2.48. The average molecular weight is 671 g/mol. The van der Waals surface area contributed by atoms with Crippen LogP contribution in [-0.4, -0.2) is 22.2 Å². The van der Waals surface area contributed by atoms with Gasteiger partial charge in [-0.15, -0.1) is 0 Å². The van der Waals surface area contributed by atoms with Crippen molar-refractivity contribution < 1.29 is 72.0 Å². The van der Waals surface area contributed by atoms with Crippen molar-refractivity contribution in [2.75, 3.05) is 0 Å². The summed E-state index contributed by atoms with van der Waals surface area (Å²) in [6, 6.07) is 21.1. The van der Waals surface area contributed by atoms with Gasteiger partial charge in [-0.25, -0.2) is 9.59 Å². The zero-order chi connectivity index (χ0) is 16.8. The summed E-state index contributed by atoms with van der Waals surface area (Å²) in [5.74, 6) is -2.51. The quantitative estimate of drug-likeness (QED) is 0.375. The molecule has 4 nitrogen and oxygen atoms in total. The third kappa shape index (κ3) is 15.4. The topological polar surface area (TPSA) is 74.6 Å². The Morgan fingerprint density at radius 1 is 0.682 bits per heavy atom. The summed E-state index contributed by atoms with van der Waals surface area (Å²) in [5, 5.41) is 15.6. The van der Waals surface area contributed by atoms with Gasteiger partial charge < -0.3 is 10.2 Å². The van der Waals surface area contributed by atoms with E-state index in [-0.39, 0.29) is 0 Å². The van der Waals surface area contributed by atoms with Gasteiger partial charge in [0.25, 0.3) is 0 Å². The Balaban J connectivity index is 0.000000301. The van der Waals surface area contributed by atoms with Gasteiger partial charge in [0.1, 0.15) is 0 Å². The molecule has 0 aliphatic heterocycles. The van der Waals surface area contributed by atoms with E-state index in [0.29, 0.717) is 12.2 Å². The maximum atomic E-state index is 9.55. The number of rotatable bonds is 2. The van der Waals surface area contributed by atoms with Gasteiger partial charge in [0.05, 0.1) is 0 Å². The van der Waals surface area contributed by atoms with Gasteiger partial charge in [0.15, 0.2) is 0 Å². The van der Waals surface area contributed by atoms with Crippen molar-refractivity contribution in [3.8, 4) is 0 Å². The van der Waals surface area contributed by atoms with Crippen LogP contribution in [0.3, 0.4) is 0 Å². The molecule has 0 saturated carbocycles. The first-order valence-electron chi connectivity index (χ1n) is 6.29. The maximum absolute atomic E-state index is 9.55. The van der Waals surface area contributed by atoms with Crippen molar-refractivity contribution in [1.29, 1.82) is 0 Å². The number of benzene rings is 2. The van der Waals surface area contributed by atoms with Crippen LogP contribution in [0, 0.1) is 0 Å². The zero-order valence-electron chi connectivity index (χ0n) is 12.1. The molecule has 0 aliphatic carbocycles. The molecule has 0 aromatic heterocycles. The summed E-state index contributed by atoms with van der Waals surface area (Å²) < 4.78 is 3.03. The molecule has 0 bridgehead atoms. The molecule has 0 amide bonds. The molecule has 0 radical (unpaired) electrons. The van der Waals surface area contributed by atoms with Gasteiger partial charge in [0.2, 0.25) is 0 Å². The van der Waals surface area contributed by atoms with Crippen molar-refractivity contribution in [2.45, 2.75) is 0 Å². The minimum absolute atomic E-state index is 0.558. The zero-order valence-corrected chi connectivity index (χ0v) is 23.0. The third-order valence-corrected chi connectivity index (χ3v) is 5.72. The predicted molar refractivity (Wildman–Crippen MR) is 76.6 cm³/mol. The van der Waals surface area contributed by atoms with Gasteiger partial charge >= 0.3 is 131 Å². The van der Waals surface area contributed by atoms with Crippen molar-refractivity contribution in [1.82, 2.24) is 0 Å². The Morgan fingerprint density at radius 3 is 1.09 bits per heavy atom. The number of aliphatic carboxylic acids is 2. The molecule has 2 aromatic carbocycles. The van der Waals surface area contributed by atoms with E-state index >= 15 is 0 Å². The van der Waals surface area contributed by atoms with Gasteiger partial charge in [-0.2, -0.15) is 0 Å². The van der Waals surface area contributed by atoms with Crippen LogP contribution in [0.2, 0.25) is 0 Å². The fraction of sp³-hybridized carbons (Fsp3) is 0. The molecule has 0 fully saturated rings. The summed E-state index contributed by atoms with van der Waals surface area (Å²) in [6.45, 7) is 0. The van der Waals surface area contributed by atoms with E-state index < -0.39 is 11.9 Å². The van der Waals surface area contributed by atoms with E-state index in [9.17, 15) is 9.59 Å². The van der Waals surface area contributed by atoms with Crippen molar-refractivity contribution in [2.24, 2.45) is 0 Å². The second kappa shape index (κ2) is 13.6. The van der Waals surface area contributed by atoms with E-state index in [1.54, 1.807) is 0 Å². The number of carboxylic acids is 2. The van der Waals surface area contributed by atoms with Crippen LogP contribution in [0.15, 0.2) is 72.8 Å². The van der Waals surface area contributed by atoms with Crippen molar-refractivity contribution >= 4 is 18.1 Å². The molecule has 0 heterocycles. The molecule has 6 heteroatoms. The first-order valence-corrected chi connectivity index (χ1v) is 11.8. The number of hydrogen-bond donors (Lipinski definition) is 2. The summed E-state index contributed by atoms with van der Waals surface area (Å²) in [5.41, 5.74) is 0. The van der Waals surface area contributed by atoms with Crippen LogP contribution in [0.4, 0.5) is 0 Å². The number of carbonyl (C=O) groups is 2. The van der Waals surface area contributed by atoms with E-state index in [0.717, 1.165) is 52.2 Å². The second-order valence-corrected chi connectivity index (χ2v) is 10.3. The van der Waals surface area contributed by atoms with E-state index in [4.69, 9.17) is 10.2 Å². The summed E-state index contributed by atoms with van der Waals surface area (Å²) in [7, 11) is 0. The molecule has 2 N–H and O–H groups in total. The molecule has 0 aliphatic rings. The number of carboxylic acid groups (broad SMARTS) is 2. The van der Waals surface area contributed by atoms with E-state index in [2.05, 4.69) is 60.7 Å². The molecule has 0 saturated heterocycles. The molecular formula is C16H14Hg2O4. The summed E-state index contributed by atoms with van der Waals surface area (Å²) in [6.07, 6.45) is 1.12. The van der Waals surface area contributed by atoms with Gasteiger partial charge in [-0.1, -0.05) is 0 Å². The first-order chi connectivity index (χ1) is 10.4. The standard InChI is InChI=1S/2C6H5.C4H4O4.2Hg/c2*1-2-4-6-5-3-1;5-3(6)1-2-4(7)8;;/h2*1-5H;1-2H,(H,5,6)(H,7,8);;/b;;2-1+;;. The van der Waals surface area contributed by atoms with Crippen molar-refractivity contribution in [3.63, 3.8) is 0 Å². The van der Waals surface area contributed by atoms with Crippen LogP contribution < -0.4 is 6.14 Å². The van der Waals surface area contributed by atoms with Crippen LogP contribution in [0.1, 0.15) is 0 Å². The summed E-state index contributed by atoms with van der Waals surface area (Å²) in [4.78, 5) is 19.1. The Kier molecular flexibility index (Phi) is 13.0. The monoisotopic (exact) mass is 674 g/mol. The third-order valence-electron chi connectivity index (χ3n) is 2.05. The van der Waals surface area contributed by atoms with Crippen LogP contribution in [0.25, 0.3) is 0 Å². The molecule has 2 aromatic rings. The van der Waals surface area contributed by atoms with Crippen LogP contribution in [0.5, 0.6) is 0 Å². The molecule has 0 spiro atoms. The van der Waals surface area contributed by atoms with Crippen LogP contribution >= 0.6 is 0 Å². The Hall–Kier alpha value is -1.01. The molecule has 2 rings (SSSR count). The second-order valence-electron chi connectivity index (χ2n) is 3.98. The van der Waals surface area contributed by atoms with Crippen LogP contribution in [-0.2, 0) is 61.8 Å². The molecule has 0 unspecified atom stereocenters. The Labute approximate surface area is 161 Å². The SMILES string of the molecule is O=C(O)/C=C/C(=O)O.[Hg][c]1ccccc1.[Hg][c]1ccccc1. The Bertz CT molecular complexity index is 530. The fourth-order valence-electron chi connectivity index (χ4n) is 1.10. The predicted octanol–water partition coefficient (Wildman–Crippen LogP) is 1.43. The van der Waals surface area contributed by atoms with E-state index in [1.165, 1.54) is 6.14 Å². The van der Waals surface area contributed by atoms with Gasteiger partial charge in [-0.05, 0) is 0 Å². The number of hydrogen-bond acceptors (Lipinski definition) is 2. The normalized spacial score (nSPS) is 9.09. The van der Waals surface area contributed by atoms with E-state index in [1.807, 2.05) is 0 Å². The Morgan fingerprint density at radius 2 is 0.955 bits per heavy atom. The van der Waals surface area contributed by atoms with Gasteiger partial charge in [0, 0.05) is 12.2 Å².